The van der Waals surface area contributed by atoms with E-state index in [0.717, 1.165) is 74.4 Å². The van der Waals surface area contributed by atoms with Crippen LogP contribution in [0.1, 0.15) is 30.7 Å². The number of hydrogen-bond donors (Lipinski definition) is 2. The van der Waals surface area contributed by atoms with Gasteiger partial charge in [-0.2, -0.15) is 0 Å². The molecule has 8 nitrogen and oxygen atoms in total. The van der Waals surface area contributed by atoms with Gasteiger partial charge < -0.3 is 20.3 Å². The molecule has 0 bridgehead atoms. The second kappa shape index (κ2) is 8.01. The van der Waals surface area contributed by atoms with E-state index in [1.165, 1.54) is 23.8 Å². The minimum atomic E-state index is 0.307. The first-order valence-electron chi connectivity index (χ1n) is 11.3. The van der Waals surface area contributed by atoms with Gasteiger partial charge in [-0.15, -0.1) is 0 Å². The molecule has 3 aliphatic rings. The summed E-state index contributed by atoms with van der Waals surface area (Å²) in [5, 5.41) is 8.10. The number of piperazine rings is 1. The molecule has 3 fully saturated rings. The van der Waals surface area contributed by atoms with Gasteiger partial charge in [0.2, 0.25) is 0 Å². The fraction of sp³-hybridized carbons (Fsp3) is 0.478. The van der Waals surface area contributed by atoms with Crippen LogP contribution >= 0.6 is 0 Å². The Morgan fingerprint density at radius 3 is 2.81 bits per heavy atom. The van der Waals surface area contributed by atoms with Gasteiger partial charge in [-0.25, -0.2) is 15.0 Å². The summed E-state index contributed by atoms with van der Waals surface area (Å²) in [6, 6.07) is 4.33. The van der Waals surface area contributed by atoms with Gasteiger partial charge in [-0.05, 0) is 42.9 Å². The summed E-state index contributed by atoms with van der Waals surface area (Å²) < 4.78 is 5.48. The van der Waals surface area contributed by atoms with Crippen molar-refractivity contribution in [2.45, 2.75) is 31.2 Å². The molecule has 0 radical (unpaired) electrons. The number of nitrogens with zero attached hydrogens (tertiary/aromatic N) is 5. The molecule has 2 aliphatic heterocycles. The molecule has 3 aromatic rings. The highest BCUT2D eigenvalue weighted by molar-refractivity contribution is 5.94. The second-order valence-electron chi connectivity index (χ2n) is 8.64. The minimum absolute atomic E-state index is 0.307. The Kier molecular flexibility index (Phi) is 4.88. The third-order valence-electron chi connectivity index (χ3n) is 6.35. The molecule has 2 saturated heterocycles. The van der Waals surface area contributed by atoms with Gasteiger partial charge in [0.05, 0.1) is 24.4 Å². The Bertz CT molecular complexity index is 1090. The normalized spacial score (nSPS) is 21.5. The first-order chi connectivity index (χ1) is 15.3. The second-order valence-corrected chi connectivity index (χ2v) is 8.64. The predicted octanol–water partition coefficient (Wildman–Crippen LogP) is 2.57. The average Bonchev–Trinajstić information content (AvgIpc) is 3.55. The highest BCUT2D eigenvalue weighted by atomic mass is 16.5. The Balaban J connectivity index is 1.43. The van der Waals surface area contributed by atoms with E-state index in [1.54, 1.807) is 0 Å². The van der Waals surface area contributed by atoms with E-state index in [0.29, 0.717) is 12.0 Å². The molecule has 3 aromatic heterocycles. The molecule has 160 valence electrons. The van der Waals surface area contributed by atoms with Crippen molar-refractivity contribution in [2.24, 2.45) is 0 Å². The van der Waals surface area contributed by atoms with E-state index in [9.17, 15) is 0 Å². The SMILES string of the molecule is c1cc(-c2nc(N3CCNCC3)c3c(C4CC4)cncc3n2)cc(N[C@H]2CCOC2)n1. The molecule has 8 heteroatoms. The van der Waals surface area contributed by atoms with Crippen molar-refractivity contribution in [1.82, 2.24) is 25.3 Å². The quantitative estimate of drug-likeness (QED) is 0.655. The van der Waals surface area contributed by atoms with Crippen LogP contribution in [0.15, 0.2) is 30.7 Å². The Morgan fingerprint density at radius 1 is 1.10 bits per heavy atom. The standard InChI is InChI=1S/C23H27N7O/c1-2-15(1)18-12-25-13-19-21(18)23(30-8-6-24-7-9-30)29-22(28-19)16-3-5-26-20(11-16)27-17-4-10-31-14-17/h3,5,11-13,15,17,24H,1-2,4,6-10,14H2,(H,26,27)/t17-/m0/s1. The average molecular weight is 418 g/mol. The molecular weight excluding hydrogens is 390 g/mol. The Hall–Kier alpha value is -2.84. The lowest BCUT2D eigenvalue weighted by Gasteiger charge is -2.30. The maximum absolute atomic E-state index is 5.48. The van der Waals surface area contributed by atoms with Crippen LogP contribution in [0.3, 0.4) is 0 Å². The summed E-state index contributed by atoms with van der Waals surface area (Å²) >= 11 is 0. The number of fused-ring (bicyclic) bond motifs is 1. The Morgan fingerprint density at radius 2 is 2.00 bits per heavy atom. The fourth-order valence-corrected chi connectivity index (χ4v) is 4.53. The summed E-state index contributed by atoms with van der Waals surface area (Å²) in [5.41, 5.74) is 3.20. The molecule has 5 heterocycles. The van der Waals surface area contributed by atoms with Gasteiger partial charge in [0.25, 0.3) is 0 Å². The zero-order valence-electron chi connectivity index (χ0n) is 17.5. The predicted molar refractivity (Wildman–Crippen MR) is 120 cm³/mol. The van der Waals surface area contributed by atoms with Gasteiger partial charge in [0.15, 0.2) is 5.82 Å². The highest BCUT2D eigenvalue weighted by Crippen LogP contribution is 2.44. The third-order valence-corrected chi connectivity index (χ3v) is 6.35. The fourth-order valence-electron chi connectivity index (χ4n) is 4.53. The molecule has 0 amide bonds. The van der Waals surface area contributed by atoms with E-state index in [1.807, 2.05) is 30.7 Å². The summed E-state index contributed by atoms with van der Waals surface area (Å²) in [6.45, 7) is 5.36. The van der Waals surface area contributed by atoms with Crippen molar-refractivity contribution in [3.63, 3.8) is 0 Å². The van der Waals surface area contributed by atoms with Crippen LogP contribution in [0.25, 0.3) is 22.3 Å². The van der Waals surface area contributed by atoms with E-state index in [2.05, 4.69) is 25.5 Å². The van der Waals surface area contributed by atoms with Crippen molar-refractivity contribution >= 4 is 22.5 Å². The summed E-state index contributed by atoms with van der Waals surface area (Å²) in [6.07, 6.45) is 9.19. The maximum Gasteiger partial charge on any atom is 0.162 e. The number of ether oxygens (including phenoxy) is 1. The van der Waals surface area contributed by atoms with Crippen molar-refractivity contribution in [3.05, 3.63) is 36.3 Å². The molecular formula is C23H27N7O. The molecule has 1 atom stereocenters. The van der Waals surface area contributed by atoms with Crippen molar-refractivity contribution in [1.29, 1.82) is 0 Å². The first kappa shape index (κ1) is 18.9. The van der Waals surface area contributed by atoms with Gasteiger partial charge in [0, 0.05) is 56.1 Å². The van der Waals surface area contributed by atoms with E-state index in [-0.39, 0.29) is 0 Å². The molecule has 1 aliphatic carbocycles. The summed E-state index contributed by atoms with van der Waals surface area (Å²) in [5.74, 6) is 3.20. The van der Waals surface area contributed by atoms with E-state index >= 15 is 0 Å². The van der Waals surface area contributed by atoms with Crippen LogP contribution < -0.4 is 15.5 Å². The lowest BCUT2D eigenvalue weighted by Crippen LogP contribution is -2.44. The number of aromatic nitrogens is 4. The minimum Gasteiger partial charge on any atom is -0.379 e. The van der Waals surface area contributed by atoms with Crippen molar-refractivity contribution in [2.75, 3.05) is 49.6 Å². The maximum atomic E-state index is 5.48. The molecule has 0 unspecified atom stereocenters. The number of nitrogens with one attached hydrogen (secondary N) is 2. The smallest absolute Gasteiger partial charge is 0.162 e. The molecule has 2 N–H and O–H groups in total. The Labute approximate surface area is 181 Å². The van der Waals surface area contributed by atoms with Crippen LogP contribution in [0.5, 0.6) is 0 Å². The van der Waals surface area contributed by atoms with Crippen LogP contribution in [-0.2, 0) is 4.74 Å². The highest BCUT2D eigenvalue weighted by Gasteiger charge is 2.29. The number of pyridine rings is 2. The molecule has 1 saturated carbocycles. The lowest BCUT2D eigenvalue weighted by molar-refractivity contribution is 0.195. The monoisotopic (exact) mass is 417 g/mol. The van der Waals surface area contributed by atoms with Gasteiger partial charge in [0.1, 0.15) is 11.6 Å². The topological polar surface area (TPSA) is 88.1 Å². The summed E-state index contributed by atoms with van der Waals surface area (Å²) in [4.78, 5) is 21.5. The number of hydrogen-bond acceptors (Lipinski definition) is 8. The van der Waals surface area contributed by atoms with Crippen LogP contribution in [0.4, 0.5) is 11.6 Å². The number of rotatable bonds is 5. The van der Waals surface area contributed by atoms with Gasteiger partial charge in [-0.3, -0.25) is 4.98 Å². The first-order valence-corrected chi connectivity index (χ1v) is 11.3. The lowest BCUT2D eigenvalue weighted by atomic mass is 10.1. The number of anilines is 2. The van der Waals surface area contributed by atoms with E-state index < -0.39 is 0 Å². The van der Waals surface area contributed by atoms with Gasteiger partial charge in [-0.1, -0.05) is 0 Å². The molecule has 6 rings (SSSR count). The zero-order chi connectivity index (χ0) is 20.6. The molecule has 0 spiro atoms. The van der Waals surface area contributed by atoms with Crippen molar-refractivity contribution < 1.29 is 4.74 Å². The zero-order valence-corrected chi connectivity index (χ0v) is 17.5. The van der Waals surface area contributed by atoms with Crippen LogP contribution in [0.2, 0.25) is 0 Å². The van der Waals surface area contributed by atoms with Crippen molar-refractivity contribution in [3.8, 4) is 11.4 Å². The third kappa shape index (κ3) is 3.81. The van der Waals surface area contributed by atoms with Crippen LogP contribution in [-0.4, -0.2) is 65.4 Å². The van der Waals surface area contributed by atoms with Crippen LogP contribution in [0, 0.1) is 0 Å². The van der Waals surface area contributed by atoms with E-state index in [4.69, 9.17) is 14.7 Å². The molecule has 0 aromatic carbocycles. The largest absolute Gasteiger partial charge is 0.379 e. The molecule has 31 heavy (non-hydrogen) atoms. The van der Waals surface area contributed by atoms with Gasteiger partial charge >= 0.3 is 0 Å². The summed E-state index contributed by atoms with van der Waals surface area (Å²) in [7, 11) is 0.